The summed E-state index contributed by atoms with van der Waals surface area (Å²) >= 11 is 0. The van der Waals surface area contributed by atoms with E-state index >= 15 is 0 Å². The Morgan fingerprint density at radius 1 is 1.25 bits per heavy atom. The van der Waals surface area contributed by atoms with E-state index in [9.17, 15) is 23.7 Å². The topological polar surface area (TPSA) is 80.4 Å². The number of nitro benzene ring substituents is 1. The number of rotatable bonds is 3. The average molecular weight is 229 g/mol. The van der Waals surface area contributed by atoms with Gasteiger partial charge in [0.15, 0.2) is 5.83 Å². The van der Waals surface area contributed by atoms with E-state index in [0.29, 0.717) is 0 Å². The summed E-state index contributed by atoms with van der Waals surface area (Å²) in [6.45, 7) is 0. The molecule has 0 unspecified atom stereocenters. The van der Waals surface area contributed by atoms with Gasteiger partial charge in [-0.1, -0.05) is 0 Å². The van der Waals surface area contributed by atoms with Gasteiger partial charge >= 0.3 is 5.97 Å². The number of non-ortho nitro benzene ring substituents is 1. The normalized spacial score (nSPS) is 11.9. The lowest BCUT2D eigenvalue weighted by atomic mass is 10.1. The average Bonchev–Trinajstić information content (AvgIpc) is 2.27. The van der Waals surface area contributed by atoms with Gasteiger partial charge in [0.05, 0.1) is 4.92 Å². The lowest BCUT2D eigenvalue weighted by molar-refractivity contribution is -0.384. The molecule has 0 radical (unpaired) electrons. The molecule has 84 valence electrons. The minimum absolute atomic E-state index is 0.299. The van der Waals surface area contributed by atoms with Crippen molar-refractivity contribution >= 4 is 17.5 Å². The molecule has 1 N–H and O–H groups in total. The third-order valence-electron chi connectivity index (χ3n) is 1.71. The van der Waals surface area contributed by atoms with Crippen LogP contribution in [-0.2, 0) is 4.79 Å². The standard InChI is InChI=1S/C9H5F2NO4/c10-7(8(11)9(13)14)5-1-3-6(4-2-5)12(15)16/h1-4H,(H,13,14). The maximum Gasteiger partial charge on any atom is 0.367 e. The van der Waals surface area contributed by atoms with Crippen molar-refractivity contribution in [1.82, 2.24) is 0 Å². The number of hydrogen-bond donors (Lipinski definition) is 1. The summed E-state index contributed by atoms with van der Waals surface area (Å²) in [4.78, 5) is 19.7. The van der Waals surface area contributed by atoms with Gasteiger partial charge < -0.3 is 5.11 Å². The minimum Gasteiger partial charge on any atom is -0.476 e. The minimum atomic E-state index is -2.03. The van der Waals surface area contributed by atoms with Gasteiger partial charge in [0.1, 0.15) is 0 Å². The van der Waals surface area contributed by atoms with Crippen LogP contribution in [-0.4, -0.2) is 16.0 Å². The molecule has 0 saturated carbocycles. The van der Waals surface area contributed by atoms with Crippen molar-refractivity contribution in [1.29, 1.82) is 0 Å². The van der Waals surface area contributed by atoms with Crippen molar-refractivity contribution in [2.45, 2.75) is 0 Å². The van der Waals surface area contributed by atoms with Gasteiger partial charge in [-0.25, -0.2) is 9.18 Å². The molecule has 0 fully saturated rings. The number of carbonyl (C=O) groups is 1. The molecule has 0 saturated heterocycles. The second-order valence-electron chi connectivity index (χ2n) is 2.74. The molecular formula is C9H5F2NO4. The van der Waals surface area contributed by atoms with Crippen LogP contribution in [0, 0.1) is 10.1 Å². The molecule has 0 aliphatic carbocycles. The Morgan fingerprint density at radius 3 is 2.12 bits per heavy atom. The van der Waals surface area contributed by atoms with Gasteiger partial charge in [-0.2, -0.15) is 4.39 Å². The lowest BCUT2D eigenvalue weighted by Crippen LogP contribution is -1.97. The van der Waals surface area contributed by atoms with Crippen molar-refractivity contribution in [2.75, 3.05) is 0 Å². The third-order valence-corrected chi connectivity index (χ3v) is 1.71. The Labute approximate surface area is 87.8 Å². The predicted octanol–water partition coefficient (Wildman–Crippen LogP) is 2.29. The Morgan fingerprint density at radius 2 is 1.75 bits per heavy atom. The van der Waals surface area contributed by atoms with E-state index in [1.165, 1.54) is 0 Å². The van der Waals surface area contributed by atoms with Gasteiger partial charge in [0.25, 0.3) is 5.69 Å². The van der Waals surface area contributed by atoms with Crippen molar-refractivity contribution in [3.8, 4) is 0 Å². The van der Waals surface area contributed by atoms with E-state index in [4.69, 9.17) is 5.11 Å². The first kappa shape index (κ1) is 11.8. The molecule has 0 bridgehead atoms. The van der Waals surface area contributed by atoms with Crippen molar-refractivity contribution in [2.24, 2.45) is 0 Å². The van der Waals surface area contributed by atoms with Crippen molar-refractivity contribution in [3.63, 3.8) is 0 Å². The molecule has 0 heterocycles. The summed E-state index contributed by atoms with van der Waals surface area (Å²) in [6, 6.07) is 3.75. The SMILES string of the molecule is O=C(O)C(F)=C(F)c1ccc([N+](=O)[O-])cc1. The largest absolute Gasteiger partial charge is 0.476 e. The molecule has 16 heavy (non-hydrogen) atoms. The Kier molecular flexibility index (Phi) is 3.29. The summed E-state index contributed by atoms with van der Waals surface area (Å²) < 4.78 is 25.7. The molecule has 0 spiro atoms. The number of aliphatic carboxylic acids is 1. The maximum absolute atomic E-state index is 13.1. The second kappa shape index (κ2) is 4.47. The smallest absolute Gasteiger partial charge is 0.367 e. The number of nitro groups is 1. The number of halogens is 2. The fourth-order valence-corrected chi connectivity index (χ4v) is 0.950. The molecule has 1 aromatic rings. The van der Waals surface area contributed by atoms with Gasteiger partial charge in [-0.15, -0.1) is 0 Å². The zero-order valence-electron chi connectivity index (χ0n) is 7.68. The molecule has 1 rings (SSSR count). The monoisotopic (exact) mass is 229 g/mol. The highest BCUT2D eigenvalue weighted by Crippen LogP contribution is 2.23. The van der Waals surface area contributed by atoms with E-state index in [1.807, 2.05) is 0 Å². The van der Waals surface area contributed by atoms with Gasteiger partial charge in [-0.05, 0) is 12.1 Å². The second-order valence-corrected chi connectivity index (χ2v) is 2.74. The van der Waals surface area contributed by atoms with Crippen LogP contribution in [0.4, 0.5) is 14.5 Å². The first-order chi connectivity index (χ1) is 7.43. The van der Waals surface area contributed by atoms with E-state index in [2.05, 4.69) is 0 Å². The first-order valence-electron chi connectivity index (χ1n) is 3.97. The number of nitrogens with zero attached hydrogens (tertiary/aromatic N) is 1. The maximum atomic E-state index is 13.1. The van der Waals surface area contributed by atoms with Crippen LogP contribution in [0.15, 0.2) is 30.1 Å². The van der Waals surface area contributed by atoms with Gasteiger partial charge in [0, 0.05) is 17.7 Å². The fraction of sp³-hybridized carbons (Fsp3) is 0. The first-order valence-corrected chi connectivity index (χ1v) is 3.97. The number of hydrogen-bond acceptors (Lipinski definition) is 3. The molecule has 0 amide bonds. The highest BCUT2D eigenvalue weighted by molar-refractivity contribution is 5.92. The van der Waals surface area contributed by atoms with Crippen LogP contribution in [0.25, 0.3) is 5.83 Å². The van der Waals surface area contributed by atoms with Crippen LogP contribution >= 0.6 is 0 Å². The zero-order chi connectivity index (χ0) is 12.3. The van der Waals surface area contributed by atoms with Crippen molar-refractivity contribution in [3.05, 3.63) is 45.8 Å². The summed E-state index contributed by atoms with van der Waals surface area (Å²) in [6.07, 6.45) is 0. The van der Waals surface area contributed by atoms with Crippen LogP contribution in [0.2, 0.25) is 0 Å². The van der Waals surface area contributed by atoms with E-state index in [-0.39, 0.29) is 11.3 Å². The van der Waals surface area contributed by atoms with E-state index < -0.39 is 22.5 Å². The highest BCUT2D eigenvalue weighted by atomic mass is 19.2. The van der Waals surface area contributed by atoms with Crippen molar-refractivity contribution < 1.29 is 23.6 Å². The number of benzene rings is 1. The molecule has 0 aromatic heterocycles. The van der Waals surface area contributed by atoms with Crippen LogP contribution < -0.4 is 0 Å². The number of carboxylic acids is 1. The zero-order valence-corrected chi connectivity index (χ0v) is 7.68. The van der Waals surface area contributed by atoms with Gasteiger partial charge in [-0.3, -0.25) is 10.1 Å². The molecular weight excluding hydrogens is 224 g/mol. The highest BCUT2D eigenvalue weighted by Gasteiger charge is 2.16. The predicted molar refractivity (Wildman–Crippen MR) is 49.9 cm³/mol. The summed E-state index contributed by atoms with van der Waals surface area (Å²) in [5.41, 5.74) is -0.669. The fourth-order valence-electron chi connectivity index (χ4n) is 0.950. The molecule has 7 heteroatoms. The van der Waals surface area contributed by atoms with Crippen LogP contribution in [0.5, 0.6) is 0 Å². The number of carboxylic acid groups (broad SMARTS) is 1. The quantitative estimate of drug-likeness (QED) is 0.489. The lowest BCUT2D eigenvalue weighted by Gasteiger charge is -1.97. The Balaban J connectivity index is 3.12. The molecule has 5 nitrogen and oxygen atoms in total. The molecule has 0 aliphatic heterocycles. The third kappa shape index (κ3) is 2.38. The molecule has 1 aromatic carbocycles. The molecule has 0 aliphatic rings. The summed E-state index contributed by atoms with van der Waals surface area (Å²) in [5, 5.41) is 18.4. The van der Waals surface area contributed by atoms with Gasteiger partial charge in [0.2, 0.25) is 5.83 Å². The Bertz CT molecular complexity index is 467. The van der Waals surface area contributed by atoms with Crippen LogP contribution in [0.3, 0.4) is 0 Å². The van der Waals surface area contributed by atoms with E-state index in [1.54, 1.807) is 0 Å². The summed E-state index contributed by atoms with van der Waals surface area (Å²) in [7, 11) is 0. The van der Waals surface area contributed by atoms with Crippen LogP contribution in [0.1, 0.15) is 5.56 Å². The summed E-state index contributed by atoms with van der Waals surface area (Å²) in [5.74, 6) is -5.54. The van der Waals surface area contributed by atoms with E-state index in [0.717, 1.165) is 24.3 Å². The molecule has 0 atom stereocenters. The Hall–Kier alpha value is -2.31.